The van der Waals surface area contributed by atoms with Crippen molar-refractivity contribution in [3.63, 3.8) is 0 Å². The quantitative estimate of drug-likeness (QED) is 0.554. The Hall–Kier alpha value is -0.601. The van der Waals surface area contributed by atoms with Crippen LogP contribution in [0.4, 0.5) is 0 Å². The third-order valence-electron chi connectivity index (χ3n) is 2.90. The Morgan fingerprint density at radius 3 is 1.35 bits per heavy atom. The molecule has 0 fully saturated rings. The Kier molecular flexibility index (Phi) is 6.81. The van der Waals surface area contributed by atoms with Crippen molar-refractivity contribution in [2.45, 2.75) is 22.8 Å². The maximum absolute atomic E-state index is 10.1. The normalized spacial score (nSPS) is 13.9. The number of rotatable bonds is 7. The van der Waals surface area contributed by atoms with Crippen LogP contribution in [0.15, 0.2) is 60.7 Å². The molecule has 2 atom stereocenters. The van der Waals surface area contributed by atoms with Gasteiger partial charge in [0.05, 0.1) is 0 Å². The summed E-state index contributed by atoms with van der Waals surface area (Å²) in [4.78, 5) is 0. The van der Waals surface area contributed by atoms with E-state index in [2.05, 4.69) is 0 Å². The molecule has 4 heteroatoms. The fourth-order valence-electron chi connectivity index (χ4n) is 1.77. The van der Waals surface area contributed by atoms with Gasteiger partial charge < -0.3 is 0 Å². The van der Waals surface area contributed by atoms with Crippen LogP contribution in [0.2, 0.25) is 10.6 Å². The van der Waals surface area contributed by atoms with Crippen LogP contribution in [0.3, 0.4) is 0 Å². The predicted molar refractivity (Wildman–Crippen MR) is 83.9 cm³/mol. The van der Waals surface area contributed by atoms with Gasteiger partial charge in [0, 0.05) is 0 Å². The molecule has 20 heavy (non-hydrogen) atoms. The van der Waals surface area contributed by atoms with E-state index in [1.54, 1.807) is 0 Å². The Bertz CT molecular complexity index is 443. The van der Waals surface area contributed by atoms with Crippen molar-refractivity contribution in [2.24, 2.45) is 0 Å². The number of hydrogen-bond donors (Lipinski definition) is 2. The molecular formula is C16H18O2Se2. The van der Waals surface area contributed by atoms with Crippen LogP contribution in [0, 0.1) is 0 Å². The zero-order valence-corrected chi connectivity index (χ0v) is 14.5. The van der Waals surface area contributed by atoms with Crippen molar-refractivity contribution in [3.05, 3.63) is 71.8 Å². The Labute approximate surface area is 131 Å². The van der Waals surface area contributed by atoms with Gasteiger partial charge in [0.2, 0.25) is 0 Å². The van der Waals surface area contributed by atoms with Gasteiger partial charge in [-0.1, -0.05) is 0 Å². The number of aliphatic hydroxyl groups is 2. The first kappa shape index (κ1) is 15.8. The molecule has 0 heterocycles. The number of hydrogen-bond acceptors (Lipinski definition) is 2. The third-order valence-corrected chi connectivity index (χ3v) is 9.93. The predicted octanol–water partition coefficient (Wildman–Crippen LogP) is 2.61. The molecule has 0 spiro atoms. The van der Waals surface area contributed by atoms with Crippen LogP contribution in [-0.4, -0.2) is 36.5 Å². The van der Waals surface area contributed by atoms with Gasteiger partial charge in [0.1, 0.15) is 0 Å². The van der Waals surface area contributed by atoms with Gasteiger partial charge in [-0.3, -0.25) is 0 Å². The SMILES string of the molecule is OC(C[Se][Se]CC(O)c1ccccc1)c1ccccc1. The van der Waals surface area contributed by atoms with Crippen molar-refractivity contribution in [1.82, 2.24) is 0 Å². The molecule has 0 aliphatic heterocycles. The molecule has 2 nitrogen and oxygen atoms in total. The second kappa shape index (κ2) is 8.63. The molecule has 0 amide bonds. The van der Waals surface area contributed by atoms with E-state index in [0.29, 0.717) is 26.3 Å². The van der Waals surface area contributed by atoms with E-state index in [4.69, 9.17) is 0 Å². The molecule has 0 aliphatic rings. The van der Waals surface area contributed by atoms with Gasteiger partial charge in [-0.05, 0) is 0 Å². The van der Waals surface area contributed by atoms with Crippen molar-refractivity contribution in [2.75, 3.05) is 0 Å². The molecule has 0 aromatic heterocycles. The molecule has 0 saturated heterocycles. The summed E-state index contributed by atoms with van der Waals surface area (Å²) >= 11 is 0.829. The van der Waals surface area contributed by atoms with Crippen LogP contribution in [0.25, 0.3) is 0 Å². The van der Waals surface area contributed by atoms with E-state index in [-0.39, 0.29) is 12.2 Å². The fraction of sp³-hybridized carbons (Fsp3) is 0.250. The van der Waals surface area contributed by atoms with Crippen molar-refractivity contribution < 1.29 is 10.2 Å². The van der Waals surface area contributed by atoms with Crippen LogP contribution in [0.5, 0.6) is 0 Å². The summed E-state index contributed by atoms with van der Waals surface area (Å²) in [5.74, 6) is 0. The Balaban J connectivity index is 1.69. The molecular weight excluding hydrogens is 382 g/mol. The second-order valence-electron chi connectivity index (χ2n) is 4.42. The summed E-state index contributed by atoms with van der Waals surface area (Å²) in [5, 5.41) is 21.8. The summed E-state index contributed by atoms with van der Waals surface area (Å²) < 4.78 is 0. The maximum atomic E-state index is 10.1. The minimum atomic E-state index is -0.355. The van der Waals surface area contributed by atoms with Gasteiger partial charge in [-0.25, -0.2) is 0 Å². The molecule has 0 saturated carbocycles. The zero-order chi connectivity index (χ0) is 14.2. The van der Waals surface area contributed by atoms with Crippen molar-refractivity contribution in [1.29, 1.82) is 0 Å². The molecule has 0 bridgehead atoms. The first-order chi connectivity index (χ1) is 9.77. The van der Waals surface area contributed by atoms with E-state index in [1.165, 1.54) is 0 Å². The van der Waals surface area contributed by atoms with Gasteiger partial charge in [0.25, 0.3) is 0 Å². The summed E-state index contributed by atoms with van der Waals surface area (Å²) in [6.07, 6.45) is -0.709. The summed E-state index contributed by atoms with van der Waals surface area (Å²) in [7, 11) is 0. The van der Waals surface area contributed by atoms with Gasteiger partial charge >= 0.3 is 131 Å². The standard InChI is InChI=1S/C16H18O2Se2/c17-15(13-7-3-1-4-8-13)11-19-20-12-16(18)14-9-5-2-6-10-14/h1-10,15-18H,11-12H2. The first-order valence-corrected chi connectivity index (χ1v) is 13.2. The zero-order valence-electron chi connectivity index (χ0n) is 11.1. The molecule has 2 aromatic carbocycles. The van der Waals surface area contributed by atoms with Gasteiger partial charge in [-0.2, -0.15) is 0 Å². The summed E-state index contributed by atoms with van der Waals surface area (Å²) in [6, 6.07) is 19.6. The third kappa shape index (κ3) is 5.06. The van der Waals surface area contributed by atoms with E-state index < -0.39 is 0 Å². The average Bonchev–Trinajstić information content (AvgIpc) is 2.53. The molecule has 0 aliphatic carbocycles. The van der Waals surface area contributed by atoms with Gasteiger partial charge in [0.15, 0.2) is 0 Å². The molecule has 2 unspecified atom stereocenters. The van der Waals surface area contributed by atoms with E-state index >= 15 is 0 Å². The Morgan fingerprint density at radius 1 is 0.650 bits per heavy atom. The van der Waals surface area contributed by atoms with E-state index in [9.17, 15) is 10.2 Å². The second-order valence-corrected chi connectivity index (χ2v) is 11.9. The van der Waals surface area contributed by atoms with Crippen LogP contribution >= 0.6 is 0 Å². The number of benzene rings is 2. The monoisotopic (exact) mass is 402 g/mol. The fourth-order valence-corrected chi connectivity index (χ4v) is 8.43. The summed E-state index contributed by atoms with van der Waals surface area (Å²) in [6.45, 7) is 0. The van der Waals surface area contributed by atoms with E-state index in [0.717, 1.165) is 21.8 Å². The van der Waals surface area contributed by atoms with Gasteiger partial charge in [-0.15, -0.1) is 0 Å². The van der Waals surface area contributed by atoms with Crippen LogP contribution in [0.1, 0.15) is 23.3 Å². The average molecular weight is 400 g/mol. The van der Waals surface area contributed by atoms with Crippen molar-refractivity contribution in [3.8, 4) is 0 Å². The first-order valence-electron chi connectivity index (χ1n) is 6.48. The molecule has 106 valence electrons. The topological polar surface area (TPSA) is 40.5 Å². The van der Waals surface area contributed by atoms with Crippen LogP contribution in [-0.2, 0) is 0 Å². The van der Waals surface area contributed by atoms with Crippen LogP contribution < -0.4 is 0 Å². The molecule has 2 N–H and O–H groups in total. The number of aliphatic hydroxyl groups excluding tert-OH is 2. The molecule has 0 radical (unpaired) electrons. The van der Waals surface area contributed by atoms with E-state index in [1.807, 2.05) is 60.7 Å². The van der Waals surface area contributed by atoms with Crippen molar-refractivity contribution >= 4 is 26.3 Å². The minimum absolute atomic E-state index is 0.355. The summed E-state index contributed by atoms with van der Waals surface area (Å²) in [5.41, 5.74) is 1.99. The Morgan fingerprint density at radius 2 is 1.00 bits per heavy atom. The molecule has 2 aromatic rings. The molecule has 2 rings (SSSR count).